The molecule has 0 spiro atoms. The molecule has 1 aliphatic rings. The molecule has 1 saturated heterocycles. The first kappa shape index (κ1) is 14.9. The van der Waals surface area contributed by atoms with Crippen molar-refractivity contribution in [1.82, 2.24) is 9.80 Å². The number of aliphatic carboxylic acids is 1. The second-order valence-electron chi connectivity index (χ2n) is 4.90. The van der Waals surface area contributed by atoms with Crippen LogP contribution < -0.4 is 0 Å². The lowest BCUT2D eigenvalue weighted by Crippen LogP contribution is -2.54. The maximum absolute atomic E-state index is 11.6. The number of ether oxygens (including phenoxy) is 1. The SMILES string of the molecule is COCC1(C(=O)O)CCCN1CCC(=O)N(C)C. The molecule has 1 aliphatic heterocycles. The highest BCUT2D eigenvalue weighted by atomic mass is 16.5. The summed E-state index contributed by atoms with van der Waals surface area (Å²) in [5.41, 5.74) is -0.957. The summed E-state index contributed by atoms with van der Waals surface area (Å²) in [5.74, 6) is -0.849. The van der Waals surface area contributed by atoms with Crippen molar-refractivity contribution in [2.45, 2.75) is 24.8 Å². The van der Waals surface area contributed by atoms with Crippen LogP contribution in [0, 0.1) is 0 Å². The van der Waals surface area contributed by atoms with Gasteiger partial charge in [0.05, 0.1) is 6.61 Å². The van der Waals surface area contributed by atoms with E-state index in [1.54, 1.807) is 14.1 Å². The first-order valence-electron chi connectivity index (χ1n) is 6.11. The van der Waals surface area contributed by atoms with Crippen LogP contribution in [0.5, 0.6) is 0 Å². The van der Waals surface area contributed by atoms with Crippen LogP contribution in [0.3, 0.4) is 0 Å². The quantitative estimate of drug-likeness (QED) is 0.728. The van der Waals surface area contributed by atoms with Crippen LogP contribution in [0.1, 0.15) is 19.3 Å². The summed E-state index contributed by atoms with van der Waals surface area (Å²) >= 11 is 0. The summed E-state index contributed by atoms with van der Waals surface area (Å²) in [6.07, 6.45) is 1.74. The number of likely N-dealkylation sites (tertiary alicyclic amines) is 1. The van der Waals surface area contributed by atoms with Crippen molar-refractivity contribution in [2.75, 3.05) is 40.9 Å². The van der Waals surface area contributed by atoms with E-state index >= 15 is 0 Å². The monoisotopic (exact) mass is 258 g/mol. The molecule has 0 aliphatic carbocycles. The Morgan fingerprint density at radius 3 is 2.61 bits per heavy atom. The minimum atomic E-state index is -0.957. The molecule has 0 saturated carbocycles. The molecular formula is C12H22N2O4. The number of rotatable bonds is 6. The molecule has 1 heterocycles. The fourth-order valence-electron chi connectivity index (χ4n) is 2.42. The van der Waals surface area contributed by atoms with Gasteiger partial charge in [0, 0.05) is 34.2 Å². The number of hydrogen-bond donors (Lipinski definition) is 1. The standard InChI is InChI=1S/C12H22N2O4/c1-13(2)10(15)5-8-14-7-4-6-12(14,9-18-3)11(16)17/h4-9H2,1-3H3,(H,16,17). The van der Waals surface area contributed by atoms with E-state index in [1.165, 1.54) is 12.0 Å². The van der Waals surface area contributed by atoms with Crippen molar-refractivity contribution in [3.05, 3.63) is 0 Å². The zero-order valence-corrected chi connectivity index (χ0v) is 11.3. The van der Waals surface area contributed by atoms with Gasteiger partial charge in [-0.15, -0.1) is 0 Å². The highest BCUT2D eigenvalue weighted by molar-refractivity contribution is 5.80. The van der Waals surface area contributed by atoms with Gasteiger partial charge in [0.2, 0.25) is 5.91 Å². The van der Waals surface area contributed by atoms with Crippen LogP contribution in [0.4, 0.5) is 0 Å². The zero-order valence-electron chi connectivity index (χ0n) is 11.3. The summed E-state index contributed by atoms with van der Waals surface area (Å²) in [4.78, 5) is 26.4. The molecule has 6 heteroatoms. The smallest absolute Gasteiger partial charge is 0.326 e. The number of amides is 1. The number of methoxy groups -OCH3 is 1. The molecule has 104 valence electrons. The van der Waals surface area contributed by atoms with Crippen molar-refractivity contribution in [3.8, 4) is 0 Å². The van der Waals surface area contributed by atoms with Gasteiger partial charge in [0.25, 0.3) is 0 Å². The average molecular weight is 258 g/mol. The van der Waals surface area contributed by atoms with Gasteiger partial charge >= 0.3 is 5.97 Å². The Morgan fingerprint density at radius 1 is 1.44 bits per heavy atom. The Morgan fingerprint density at radius 2 is 2.11 bits per heavy atom. The van der Waals surface area contributed by atoms with E-state index in [2.05, 4.69) is 0 Å². The van der Waals surface area contributed by atoms with Gasteiger partial charge in [-0.05, 0) is 19.4 Å². The Labute approximate surface area is 107 Å². The Bertz CT molecular complexity index is 319. The highest BCUT2D eigenvalue weighted by Gasteiger charge is 2.47. The zero-order chi connectivity index (χ0) is 13.8. The van der Waals surface area contributed by atoms with E-state index in [4.69, 9.17) is 4.74 Å². The molecule has 18 heavy (non-hydrogen) atoms. The summed E-state index contributed by atoms with van der Waals surface area (Å²) in [5, 5.41) is 9.42. The lowest BCUT2D eigenvalue weighted by atomic mass is 9.97. The lowest BCUT2D eigenvalue weighted by molar-refractivity contribution is -0.154. The maximum atomic E-state index is 11.6. The second kappa shape index (κ2) is 6.15. The minimum Gasteiger partial charge on any atom is -0.480 e. The van der Waals surface area contributed by atoms with Gasteiger partial charge in [-0.1, -0.05) is 0 Å². The van der Waals surface area contributed by atoms with Crippen molar-refractivity contribution in [3.63, 3.8) is 0 Å². The Balaban J connectivity index is 2.68. The average Bonchev–Trinajstić information content (AvgIpc) is 2.70. The maximum Gasteiger partial charge on any atom is 0.326 e. The summed E-state index contributed by atoms with van der Waals surface area (Å²) in [6, 6.07) is 0. The fraction of sp³-hybridized carbons (Fsp3) is 0.833. The van der Waals surface area contributed by atoms with E-state index in [0.717, 1.165) is 6.42 Å². The number of carbonyl (C=O) groups excluding carboxylic acids is 1. The van der Waals surface area contributed by atoms with Crippen LogP contribution >= 0.6 is 0 Å². The molecule has 1 atom stereocenters. The number of nitrogens with zero attached hydrogens (tertiary/aromatic N) is 2. The molecule has 0 aromatic heterocycles. The topological polar surface area (TPSA) is 70.1 Å². The molecule has 1 rings (SSSR count). The van der Waals surface area contributed by atoms with Crippen LogP contribution in [0.2, 0.25) is 0 Å². The third kappa shape index (κ3) is 3.00. The van der Waals surface area contributed by atoms with Gasteiger partial charge in [-0.2, -0.15) is 0 Å². The highest BCUT2D eigenvalue weighted by Crippen LogP contribution is 2.30. The van der Waals surface area contributed by atoms with E-state index in [0.29, 0.717) is 25.9 Å². The van der Waals surface area contributed by atoms with Crippen LogP contribution in [0.15, 0.2) is 0 Å². The van der Waals surface area contributed by atoms with Crippen LogP contribution in [0.25, 0.3) is 0 Å². The summed E-state index contributed by atoms with van der Waals surface area (Å²) in [7, 11) is 4.91. The molecule has 1 unspecified atom stereocenters. The van der Waals surface area contributed by atoms with Crippen molar-refractivity contribution >= 4 is 11.9 Å². The van der Waals surface area contributed by atoms with E-state index in [9.17, 15) is 14.7 Å². The normalized spacial score (nSPS) is 24.2. The summed E-state index contributed by atoms with van der Waals surface area (Å²) in [6.45, 7) is 1.33. The molecule has 0 radical (unpaired) electrons. The molecule has 1 fully saturated rings. The third-order valence-corrected chi connectivity index (χ3v) is 3.50. The Kier molecular flexibility index (Phi) is 5.10. The summed E-state index contributed by atoms with van der Waals surface area (Å²) < 4.78 is 5.06. The van der Waals surface area contributed by atoms with E-state index < -0.39 is 11.5 Å². The van der Waals surface area contributed by atoms with Crippen molar-refractivity contribution in [1.29, 1.82) is 0 Å². The number of hydrogen-bond acceptors (Lipinski definition) is 4. The number of carboxylic acids is 1. The van der Waals surface area contributed by atoms with Gasteiger partial charge < -0.3 is 14.7 Å². The van der Waals surface area contributed by atoms with Crippen LogP contribution in [-0.2, 0) is 14.3 Å². The van der Waals surface area contributed by atoms with E-state index in [1.807, 2.05) is 4.90 Å². The fourth-order valence-corrected chi connectivity index (χ4v) is 2.42. The molecule has 1 amide bonds. The molecule has 0 bridgehead atoms. The Hall–Kier alpha value is -1.14. The molecular weight excluding hydrogens is 236 g/mol. The van der Waals surface area contributed by atoms with E-state index in [-0.39, 0.29) is 12.5 Å². The predicted molar refractivity (Wildman–Crippen MR) is 66.4 cm³/mol. The first-order chi connectivity index (χ1) is 8.44. The van der Waals surface area contributed by atoms with Gasteiger partial charge in [0.1, 0.15) is 5.54 Å². The molecule has 6 nitrogen and oxygen atoms in total. The largest absolute Gasteiger partial charge is 0.480 e. The van der Waals surface area contributed by atoms with Gasteiger partial charge in [0.15, 0.2) is 0 Å². The molecule has 0 aromatic rings. The second-order valence-corrected chi connectivity index (χ2v) is 4.90. The number of carbonyl (C=O) groups is 2. The third-order valence-electron chi connectivity index (χ3n) is 3.50. The van der Waals surface area contributed by atoms with Crippen molar-refractivity contribution in [2.24, 2.45) is 0 Å². The lowest BCUT2D eigenvalue weighted by Gasteiger charge is -2.34. The first-order valence-corrected chi connectivity index (χ1v) is 6.11. The molecule has 0 aromatic carbocycles. The minimum absolute atomic E-state index is 0.0126. The van der Waals surface area contributed by atoms with Crippen molar-refractivity contribution < 1.29 is 19.4 Å². The van der Waals surface area contributed by atoms with Crippen LogP contribution in [-0.4, -0.2) is 73.2 Å². The van der Waals surface area contributed by atoms with Gasteiger partial charge in [-0.3, -0.25) is 14.5 Å². The predicted octanol–water partition coefficient (Wildman–Crippen LogP) is 0.0303. The number of carboxylic acid groups (broad SMARTS) is 1. The molecule has 1 N–H and O–H groups in total. The van der Waals surface area contributed by atoms with Gasteiger partial charge in [-0.25, -0.2) is 0 Å².